The number of nitrogens with one attached hydrogen (secondary N) is 1. The Bertz CT molecular complexity index is 956. The molecule has 2 aromatic rings. The Morgan fingerprint density at radius 3 is 2.07 bits per heavy atom. The molecule has 0 unspecified atom stereocenters. The second kappa shape index (κ2) is 7.70. The third kappa shape index (κ3) is 3.88. The Kier molecular flexibility index (Phi) is 5.16. The minimum atomic E-state index is -1.06. The molecule has 0 aromatic heterocycles. The van der Waals surface area contributed by atoms with Gasteiger partial charge >= 0.3 is 17.8 Å². The average Bonchev–Trinajstić information content (AvgIpc) is 2.87. The molecule has 28 heavy (non-hydrogen) atoms. The first-order valence-corrected chi connectivity index (χ1v) is 8.28. The lowest BCUT2D eigenvalue weighted by Crippen LogP contribution is -2.38. The van der Waals surface area contributed by atoms with Crippen molar-refractivity contribution in [2.24, 2.45) is 5.73 Å². The van der Waals surface area contributed by atoms with Gasteiger partial charge in [-0.05, 0) is 29.8 Å². The first-order valence-electron chi connectivity index (χ1n) is 8.28. The highest BCUT2D eigenvalue weighted by Gasteiger charge is 2.45. The van der Waals surface area contributed by atoms with Gasteiger partial charge in [0.2, 0.25) is 11.8 Å². The molecule has 3 N–H and O–H groups in total. The molecule has 142 valence electrons. The summed E-state index contributed by atoms with van der Waals surface area (Å²) in [4.78, 5) is 61.2. The maximum Gasteiger partial charge on any atom is 0.335 e. The highest BCUT2D eigenvalue weighted by Crippen LogP contribution is 2.16. The van der Waals surface area contributed by atoms with E-state index in [0.29, 0.717) is 16.2 Å². The number of urea groups is 1. The summed E-state index contributed by atoms with van der Waals surface area (Å²) in [7, 11) is 0. The molecule has 9 heteroatoms. The fraction of sp³-hybridized carbons (Fsp3) is 0.105. The number of anilines is 1. The number of rotatable bonds is 6. The lowest BCUT2D eigenvalue weighted by molar-refractivity contribution is -0.143. The summed E-state index contributed by atoms with van der Waals surface area (Å²) >= 11 is 0. The van der Waals surface area contributed by atoms with Crippen LogP contribution in [-0.4, -0.2) is 46.0 Å². The van der Waals surface area contributed by atoms with Crippen LogP contribution in [-0.2, 0) is 20.9 Å². The van der Waals surface area contributed by atoms with Crippen LogP contribution in [0.4, 0.5) is 10.5 Å². The van der Waals surface area contributed by atoms with Crippen molar-refractivity contribution in [2.45, 2.75) is 6.54 Å². The zero-order valence-electron chi connectivity index (χ0n) is 14.6. The smallest absolute Gasteiger partial charge is 0.335 e. The molecular formula is C19H16N4O5. The Balaban J connectivity index is 1.65. The first-order chi connectivity index (χ1) is 13.4. The van der Waals surface area contributed by atoms with Crippen molar-refractivity contribution in [1.29, 1.82) is 0 Å². The van der Waals surface area contributed by atoms with E-state index < -0.39 is 36.2 Å². The Labute approximate surface area is 159 Å². The Morgan fingerprint density at radius 2 is 1.46 bits per heavy atom. The minimum absolute atomic E-state index is 0.0586. The molecule has 0 bridgehead atoms. The standard InChI is InChI=1S/C19H16N4O5/c20-16(25)13-6-8-14(9-7-13)21-15(24)11-23-18(27)17(26)22(19(23)28)10-12-4-2-1-3-5-12/h1-9H,10-11H2,(H2,20,25)(H,21,24). The monoisotopic (exact) mass is 380 g/mol. The van der Waals surface area contributed by atoms with Crippen LogP contribution >= 0.6 is 0 Å². The van der Waals surface area contributed by atoms with Gasteiger partial charge in [-0.1, -0.05) is 30.3 Å². The van der Waals surface area contributed by atoms with Crippen molar-refractivity contribution < 1.29 is 24.0 Å². The van der Waals surface area contributed by atoms with Crippen molar-refractivity contribution in [3.05, 3.63) is 65.7 Å². The largest absolute Gasteiger partial charge is 0.366 e. The molecule has 1 aliphatic rings. The van der Waals surface area contributed by atoms with Crippen molar-refractivity contribution in [3.63, 3.8) is 0 Å². The van der Waals surface area contributed by atoms with Gasteiger partial charge in [0.25, 0.3) is 0 Å². The number of carbonyl (C=O) groups excluding carboxylic acids is 5. The van der Waals surface area contributed by atoms with Gasteiger partial charge in [0.05, 0.1) is 6.54 Å². The van der Waals surface area contributed by atoms with Gasteiger partial charge < -0.3 is 11.1 Å². The molecule has 0 atom stereocenters. The summed E-state index contributed by atoms with van der Waals surface area (Å²) in [5.41, 5.74) is 6.44. The summed E-state index contributed by atoms with van der Waals surface area (Å²) in [6.07, 6.45) is 0. The number of hydrogen-bond donors (Lipinski definition) is 2. The second-order valence-corrected chi connectivity index (χ2v) is 6.04. The van der Waals surface area contributed by atoms with E-state index in [1.807, 2.05) is 0 Å². The fourth-order valence-electron chi connectivity index (χ4n) is 2.66. The van der Waals surface area contributed by atoms with Gasteiger partial charge in [-0.15, -0.1) is 0 Å². The lowest BCUT2D eigenvalue weighted by atomic mass is 10.2. The van der Waals surface area contributed by atoms with Crippen LogP contribution in [0.2, 0.25) is 0 Å². The molecule has 0 saturated carbocycles. The van der Waals surface area contributed by atoms with Crippen LogP contribution in [0.25, 0.3) is 0 Å². The van der Waals surface area contributed by atoms with Gasteiger partial charge in [0.1, 0.15) is 6.54 Å². The summed E-state index contributed by atoms with van der Waals surface area (Å²) in [5.74, 6) is -3.31. The summed E-state index contributed by atoms with van der Waals surface area (Å²) < 4.78 is 0. The molecule has 0 spiro atoms. The fourth-order valence-corrected chi connectivity index (χ4v) is 2.66. The molecule has 9 nitrogen and oxygen atoms in total. The number of carbonyl (C=O) groups is 5. The number of imide groups is 2. The van der Waals surface area contributed by atoms with Crippen LogP contribution in [0.1, 0.15) is 15.9 Å². The van der Waals surface area contributed by atoms with E-state index in [4.69, 9.17) is 5.73 Å². The summed E-state index contributed by atoms with van der Waals surface area (Å²) in [6, 6.07) is 13.6. The van der Waals surface area contributed by atoms with Crippen LogP contribution < -0.4 is 11.1 Å². The van der Waals surface area contributed by atoms with Crippen molar-refractivity contribution in [3.8, 4) is 0 Å². The third-order valence-corrected chi connectivity index (χ3v) is 4.07. The van der Waals surface area contributed by atoms with Crippen molar-refractivity contribution in [1.82, 2.24) is 9.80 Å². The predicted octanol–water partition coefficient (Wildman–Crippen LogP) is 0.715. The molecular weight excluding hydrogens is 364 g/mol. The number of nitrogens with zero attached hydrogens (tertiary/aromatic N) is 2. The summed E-state index contributed by atoms with van der Waals surface area (Å²) in [5, 5.41) is 2.49. The number of primary amides is 1. The number of benzene rings is 2. The number of amides is 6. The van der Waals surface area contributed by atoms with Gasteiger partial charge in [0, 0.05) is 11.3 Å². The van der Waals surface area contributed by atoms with E-state index in [1.54, 1.807) is 30.3 Å². The predicted molar refractivity (Wildman–Crippen MR) is 97.7 cm³/mol. The number of nitrogens with two attached hydrogens (primary N) is 1. The van der Waals surface area contributed by atoms with E-state index in [-0.39, 0.29) is 12.1 Å². The van der Waals surface area contributed by atoms with Crippen LogP contribution in [0.5, 0.6) is 0 Å². The summed E-state index contributed by atoms with van der Waals surface area (Å²) in [6.45, 7) is -0.663. The molecule has 1 aliphatic heterocycles. The first kappa shape index (κ1) is 18.8. The lowest BCUT2D eigenvalue weighted by Gasteiger charge is -2.15. The van der Waals surface area contributed by atoms with E-state index in [0.717, 1.165) is 4.90 Å². The average molecular weight is 380 g/mol. The quantitative estimate of drug-likeness (QED) is 0.563. The molecule has 1 saturated heterocycles. The molecule has 0 radical (unpaired) electrons. The van der Waals surface area contributed by atoms with Gasteiger partial charge in [-0.2, -0.15) is 0 Å². The normalized spacial score (nSPS) is 13.8. The van der Waals surface area contributed by atoms with Gasteiger partial charge in [0.15, 0.2) is 0 Å². The number of hydrogen-bond acceptors (Lipinski definition) is 5. The Hall–Kier alpha value is -4.01. The molecule has 6 amide bonds. The molecule has 3 rings (SSSR count). The van der Waals surface area contributed by atoms with E-state index in [1.165, 1.54) is 24.3 Å². The van der Waals surface area contributed by atoms with Crippen LogP contribution in [0, 0.1) is 0 Å². The molecule has 1 heterocycles. The Morgan fingerprint density at radius 1 is 0.857 bits per heavy atom. The highest BCUT2D eigenvalue weighted by molar-refractivity contribution is 6.45. The zero-order chi connectivity index (χ0) is 20.3. The van der Waals surface area contributed by atoms with Crippen LogP contribution in [0.15, 0.2) is 54.6 Å². The maximum absolute atomic E-state index is 12.4. The second-order valence-electron chi connectivity index (χ2n) is 6.04. The molecule has 1 fully saturated rings. The third-order valence-electron chi connectivity index (χ3n) is 4.07. The van der Waals surface area contributed by atoms with Crippen LogP contribution in [0.3, 0.4) is 0 Å². The van der Waals surface area contributed by atoms with Crippen molar-refractivity contribution in [2.75, 3.05) is 11.9 Å². The van der Waals surface area contributed by atoms with Gasteiger partial charge in [-0.3, -0.25) is 24.1 Å². The topological polar surface area (TPSA) is 130 Å². The zero-order valence-corrected chi connectivity index (χ0v) is 14.6. The van der Waals surface area contributed by atoms with E-state index >= 15 is 0 Å². The van der Waals surface area contributed by atoms with E-state index in [9.17, 15) is 24.0 Å². The maximum atomic E-state index is 12.4. The van der Waals surface area contributed by atoms with Crippen molar-refractivity contribution >= 4 is 35.3 Å². The van der Waals surface area contributed by atoms with E-state index in [2.05, 4.69) is 5.32 Å². The molecule has 0 aliphatic carbocycles. The SMILES string of the molecule is NC(=O)c1ccc(NC(=O)CN2C(=O)C(=O)N(Cc3ccccc3)C2=O)cc1. The minimum Gasteiger partial charge on any atom is -0.366 e. The van der Waals surface area contributed by atoms with Gasteiger partial charge in [-0.25, -0.2) is 9.69 Å². The highest BCUT2D eigenvalue weighted by atomic mass is 16.2. The molecule has 2 aromatic carbocycles.